The summed E-state index contributed by atoms with van der Waals surface area (Å²) in [5.74, 6) is 0. The van der Waals surface area contributed by atoms with Gasteiger partial charge in [-0.15, -0.1) is 0 Å². The number of rotatable bonds is 0. The molecule has 0 saturated heterocycles. The summed E-state index contributed by atoms with van der Waals surface area (Å²) in [6, 6.07) is 0. The molecule has 0 N–H and O–H groups in total. The average Bonchev–Trinajstić information content (AvgIpc) is 0. The molecule has 0 aliphatic rings. The summed E-state index contributed by atoms with van der Waals surface area (Å²) >= 11 is 0. The largest absolute Gasteiger partial charge is 0 e. The molecule has 0 nitrogen and oxygen atoms in total. The maximum Gasteiger partial charge on any atom is 0 e. The van der Waals surface area contributed by atoms with Crippen molar-refractivity contribution in [2.75, 3.05) is 0 Å². The Morgan fingerprint density at radius 2 is 1.00 bits per heavy atom. The molecule has 0 fully saturated rings. The van der Waals surface area contributed by atoms with E-state index >= 15 is 0 Å². The predicted molar refractivity (Wildman–Crippen MR) is 9.00 cm³/mol. The van der Waals surface area contributed by atoms with E-state index in [9.17, 15) is 0 Å². The second-order valence-electron chi connectivity index (χ2n) is 0. The van der Waals surface area contributed by atoms with Crippen molar-refractivity contribution in [1.82, 2.24) is 0 Å². The van der Waals surface area contributed by atoms with Gasteiger partial charge in [-0.1, -0.05) is 0 Å². The minimum Gasteiger partial charge on any atom is 0 e. The van der Waals surface area contributed by atoms with Gasteiger partial charge in [-0.05, 0) is 0 Å². The molecule has 0 unspecified atom stereocenters. The second-order valence-corrected chi connectivity index (χ2v) is 0. The fourth-order valence-electron chi connectivity index (χ4n) is 0. The molecule has 0 atom stereocenters. The SMILES string of the molecule is [C].[Fe].[Mn].[Si]. The Hall–Kier alpha value is 1.26. The molecule has 9 radical (unpaired) electrons. The van der Waals surface area contributed by atoms with Crippen molar-refractivity contribution in [2.24, 2.45) is 0 Å². The maximum atomic E-state index is 0. The maximum absolute atomic E-state index is 0. The molecule has 3 heteroatoms. The zero-order chi connectivity index (χ0) is 0. The van der Waals surface area contributed by atoms with E-state index in [2.05, 4.69) is 0 Å². The Balaban J connectivity index is 0. The predicted octanol–water partition coefficient (Wildman–Crippen LogP) is -0.305. The first kappa shape index (κ1) is 60.4. The molecule has 0 aromatic heterocycles. The Kier molecular flexibility index (Phi) is 432. The van der Waals surface area contributed by atoms with E-state index in [0.717, 1.165) is 0 Å². The third kappa shape index (κ3) is 10.5. The van der Waals surface area contributed by atoms with E-state index in [1.807, 2.05) is 0 Å². The van der Waals surface area contributed by atoms with Gasteiger partial charge in [0, 0.05) is 52.5 Å². The van der Waals surface area contributed by atoms with Gasteiger partial charge in [0.05, 0.1) is 0 Å². The van der Waals surface area contributed by atoms with E-state index in [0.29, 0.717) is 0 Å². The summed E-state index contributed by atoms with van der Waals surface area (Å²) in [7, 11) is 0. The normalized spacial score (nSPS) is 0. The number of hydrogen-bond acceptors (Lipinski definition) is 0. The van der Waals surface area contributed by atoms with E-state index in [1.165, 1.54) is 0 Å². The summed E-state index contributed by atoms with van der Waals surface area (Å²) in [6.07, 6.45) is 0. The van der Waals surface area contributed by atoms with E-state index in [1.54, 1.807) is 0 Å². The second kappa shape index (κ2) is 28.6. The quantitative estimate of drug-likeness (QED) is 0.416. The standard InChI is InChI=1S/C.Fe.Mn.Si. The molecular formula is CFeMnSi. The van der Waals surface area contributed by atoms with Crippen LogP contribution in [0.25, 0.3) is 0 Å². The fourth-order valence-corrected chi connectivity index (χ4v) is 0. The van der Waals surface area contributed by atoms with Crippen LogP contribution in [0.2, 0.25) is 0 Å². The molecule has 0 aromatic carbocycles. The molecular weight excluding hydrogens is 151 g/mol. The first-order valence-corrected chi connectivity index (χ1v) is 0. The van der Waals surface area contributed by atoms with Crippen molar-refractivity contribution in [2.45, 2.75) is 0 Å². The van der Waals surface area contributed by atoms with Crippen molar-refractivity contribution in [1.29, 1.82) is 0 Å². The smallest absolute Gasteiger partial charge is 0 e. The Labute approximate surface area is 52.7 Å². The molecule has 0 spiro atoms. The monoisotopic (exact) mass is 151 g/mol. The van der Waals surface area contributed by atoms with Gasteiger partial charge in [-0.3, -0.25) is 0 Å². The van der Waals surface area contributed by atoms with Crippen molar-refractivity contribution < 1.29 is 34.1 Å². The van der Waals surface area contributed by atoms with Gasteiger partial charge >= 0.3 is 0 Å². The Morgan fingerprint density at radius 1 is 1.00 bits per heavy atom. The summed E-state index contributed by atoms with van der Waals surface area (Å²) in [4.78, 5) is 0. The van der Waals surface area contributed by atoms with Gasteiger partial charge in [0.15, 0.2) is 0 Å². The van der Waals surface area contributed by atoms with E-state index in [4.69, 9.17) is 0 Å². The molecule has 0 aliphatic heterocycles. The van der Waals surface area contributed by atoms with Gasteiger partial charge in [-0.25, -0.2) is 0 Å². The van der Waals surface area contributed by atoms with Crippen LogP contribution in [0.15, 0.2) is 0 Å². The summed E-state index contributed by atoms with van der Waals surface area (Å²) < 4.78 is 0. The van der Waals surface area contributed by atoms with Crippen LogP contribution in [0.1, 0.15) is 0 Å². The Bertz CT molecular complexity index is 8.00. The van der Waals surface area contributed by atoms with Gasteiger partial charge in [0.2, 0.25) is 0 Å². The van der Waals surface area contributed by atoms with Crippen molar-refractivity contribution in [3.05, 3.63) is 7.43 Å². The van der Waals surface area contributed by atoms with Crippen LogP contribution in [0.5, 0.6) is 0 Å². The van der Waals surface area contributed by atoms with Crippen LogP contribution in [-0.2, 0) is 34.1 Å². The summed E-state index contributed by atoms with van der Waals surface area (Å²) in [6.45, 7) is 0. The minimum atomic E-state index is 0. The van der Waals surface area contributed by atoms with Crippen LogP contribution in [0.4, 0.5) is 0 Å². The third-order valence-corrected chi connectivity index (χ3v) is 0. The van der Waals surface area contributed by atoms with Crippen molar-refractivity contribution in [3.63, 3.8) is 0 Å². The van der Waals surface area contributed by atoms with Crippen LogP contribution < -0.4 is 0 Å². The molecule has 0 heterocycles. The molecule has 0 bridgehead atoms. The summed E-state index contributed by atoms with van der Waals surface area (Å²) in [5.41, 5.74) is 0. The van der Waals surface area contributed by atoms with Crippen molar-refractivity contribution in [3.8, 4) is 0 Å². The van der Waals surface area contributed by atoms with Crippen LogP contribution >= 0.6 is 0 Å². The first-order valence-electron chi connectivity index (χ1n) is 0. The summed E-state index contributed by atoms with van der Waals surface area (Å²) in [5, 5.41) is 0. The van der Waals surface area contributed by atoms with Crippen LogP contribution in [-0.4, -0.2) is 11.0 Å². The topological polar surface area (TPSA) is 0 Å². The molecule has 4 heavy (non-hydrogen) atoms. The Morgan fingerprint density at radius 3 is 1.00 bits per heavy atom. The van der Waals surface area contributed by atoms with E-state index < -0.39 is 0 Å². The third-order valence-electron chi connectivity index (χ3n) is 0. The molecule has 0 aromatic rings. The molecule has 0 rings (SSSR count). The van der Waals surface area contributed by atoms with Crippen molar-refractivity contribution >= 4 is 11.0 Å². The molecule has 0 saturated carbocycles. The molecule has 0 aliphatic carbocycles. The fraction of sp³-hybridized carbons (Fsp3) is 0. The molecule has 0 amide bonds. The van der Waals surface area contributed by atoms with Gasteiger partial charge in [0.1, 0.15) is 0 Å². The number of hydrogen-bond donors (Lipinski definition) is 0. The van der Waals surface area contributed by atoms with Crippen LogP contribution in [0, 0.1) is 7.43 Å². The first-order chi connectivity index (χ1) is 0. The van der Waals surface area contributed by atoms with Gasteiger partial charge in [-0.2, -0.15) is 0 Å². The average molecular weight is 151 g/mol. The zero-order valence-electron chi connectivity index (χ0n) is 1.73. The van der Waals surface area contributed by atoms with Gasteiger partial charge in [0.25, 0.3) is 0 Å². The minimum absolute atomic E-state index is 0. The zero-order valence-corrected chi connectivity index (χ0v) is 5.02. The van der Waals surface area contributed by atoms with Crippen LogP contribution in [0.3, 0.4) is 0 Å². The molecule has 23 valence electrons. The van der Waals surface area contributed by atoms with Gasteiger partial charge < -0.3 is 0 Å². The van der Waals surface area contributed by atoms with E-state index in [-0.39, 0.29) is 52.5 Å².